The summed E-state index contributed by atoms with van der Waals surface area (Å²) in [5.41, 5.74) is 0.973. The molecule has 0 bridgehead atoms. The maximum absolute atomic E-state index is 12.5. The molecule has 1 aromatic heterocycles. The number of ether oxygens (including phenoxy) is 1. The van der Waals surface area contributed by atoms with E-state index in [1.807, 2.05) is 0 Å². The van der Waals surface area contributed by atoms with Gasteiger partial charge in [0.05, 0.1) is 12.8 Å². The molecule has 0 atom stereocenters. The van der Waals surface area contributed by atoms with E-state index < -0.39 is 0 Å². The van der Waals surface area contributed by atoms with Gasteiger partial charge in [-0.25, -0.2) is 0 Å². The van der Waals surface area contributed by atoms with Crippen LogP contribution in [-0.2, 0) is 0 Å². The van der Waals surface area contributed by atoms with Crippen LogP contribution in [0.3, 0.4) is 0 Å². The number of methoxy groups -OCH3 is 1. The quantitative estimate of drug-likeness (QED) is 0.685. The molecule has 1 heterocycles. The summed E-state index contributed by atoms with van der Waals surface area (Å²) in [6.07, 6.45) is 4.48. The zero-order chi connectivity index (χ0) is 18.9. The smallest absolute Gasteiger partial charge is 0.269 e. The van der Waals surface area contributed by atoms with Crippen molar-refractivity contribution in [2.24, 2.45) is 0 Å². The molecule has 6 nitrogen and oxygen atoms in total. The minimum Gasteiger partial charge on any atom is -0.495 e. The zero-order valence-corrected chi connectivity index (χ0v) is 15.6. The zero-order valence-electron chi connectivity index (χ0n) is 14.8. The predicted molar refractivity (Wildman–Crippen MR) is 102 cm³/mol. The first kappa shape index (κ1) is 19.7. The van der Waals surface area contributed by atoms with Crippen LogP contribution >= 0.6 is 11.6 Å². The van der Waals surface area contributed by atoms with E-state index >= 15 is 0 Å². The number of pyridine rings is 1. The molecular formula is C19H22ClN3O3. The van der Waals surface area contributed by atoms with Crippen molar-refractivity contribution in [3.05, 3.63) is 52.8 Å². The molecule has 0 saturated carbocycles. The van der Waals surface area contributed by atoms with E-state index in [9.17, 15) is 9.59 Å². The molecular weight excluding hydrogens is 354 g/mol. The van der Waals surface area contributed by atoms with Gasteiger partial charge in [0, 0.05) is 23.3 Å². The van der Waals surface area contributed by atoms with Crippen LogP contribution in [0.2, 0.25) is 5.02 Å². The van der Waals surface area contributed by atoms with E-state index in [1.54, 1.807) is 24.3 Å². The molecule has 26 heavy (non-hydrogen) atoms. The van der Waals surface area contributed by atoms with Crippen LogP contribution in [0.5, 0.6) is 5.75 Å². The fraction of sp³-hybridized carbons (Fsp3) is 0.316. The summed E-state index contributed by atoms with van der Waals surface area (Å²) in [5.74, 6) is -0.185. The standard InChI is InChI=1S/C19H22ClN3O3/c1-3-4-5-9-22-19(25)16-11-13(8-10-21-16)18(24)23-15-12-14(20)6-7-17(15)26-2/h6-8,10-12H,3-5,9H2,1-2H3,(H,22,25)(H,23,24). The van der Waals surface area contributed by atoms with Crippen LogP contribution < -0.4 is 15.4 Å². The summed E-state index contributed by atoms with van der Waals surface area (Å²) < 4.78 is 5.21. The molecule has 2 rings (SSSR count). The van der Waals surface area contributed by atoms with Crippen molar-refractivity contribution in [3.63, 3.8) is 0 Å². The summed E-state index contributed by atoms with van der Waals surface area (Å²) in [6, 6.07) is 7.94. The Morgan fingerprint density at radius 3 is 2.69 bits per heavy atom. The summed E-state index contributed by atoms with van der Waals surface area (Å²) in [5, 5.41) is 6.02. The van der Waals surface area contributed by atoms with Gasteiger partial charge in [-0.1, -0.05) is 31.4 Å². The fourth-order valence-electron chi connectivity index (χ4n) is 2.34. The number of amides is 2. The number of hydrogen-bond donors (Lipinski definition) is 2. The number of rotatable bonds is 8. The maximum Gasteiger partial charge on any atom is 0.269 e. The van der Waals surface area contributed by atoms with E-state index in [1.165, 1.54) is 19.4 Å². The lowest BCUT2D eigenvalue weighted by atomic mass is 10.2. The third kappa shape index (κ3) is 5.46. The van der Waals surface area contributed by atoms with Crippen LogP contribution in [0.1, 0.15) is 47.0 Å². The van der Waals surface area contributed by atoms with E-state index in [0.717, 1.165) is 19.3 Å². The van der Waals surface area contributed by atoms with Crippen molar-refractivity contribution < 1.29 is 14.3 Å². The largest absolute Gasteiger partial charge is 0.495 e. The highest BCUT2D eigenvalue weighted by molar-refractivity contribution is 6.31. The minimum atomic E-state index is -0.381. The Morgan fingerprint density at radius 1 is 1.15 bits per heavy atom. The van der Waals surface area contributed by atoms with Crippen molar-refractivity contribution in [3.8, 4) is 5.75 Å². The van der Waals surface area contributed by atoms with Gasteiger partial charge in [-0.05, 0) is 36.8 Å². The topological polar surface area (TPSA) is 80.3 Å². The van der Waals surface area contributed by atoms with Crippen LogP contribution in [0.4, 0.5) is 5.69 Å². The number of benzene rings is 1. The lowest BCUT2D eigenvalue weighted by molar-refractivity contribution is 0.0948. The van der Waals surface area contributed by atoms with E-state index in [2.05, 4.69) is 22.5 Å². The molecule has 0 aliphatic carbocycles. The Balaban J connectivity index is 2.08. The van der Waals surface area contributed by atoms with E-state index in [-0.39, 0.29) is 17.5 Å². The average Bonchev–Trinajstić information content (AvgIpc) is 2.65. The highest BCUT2D eigenvalue weighted by Crippen LogP contribution is 2.28. The summed E-state index contributed by atoms with van der Waals surface area (Å²) in [4.78, 5) is 28.7. The number of anilines is 1. The number of nitrogens with zero attached hydrogens (tertiary/aromatic N) is 1. The minimum absolute atomic E-state index is 0.201. The molecule has 138 valence electrons. The molecule has 0 saturated heterocycles. The van der Waals surface area contributed by atoms with Gasteiger partial charge in [-0.3, -0.25) is 14.6 Å². The van der Waals surface area contributed by atoms with Crippen LogP contribution in [0.25, 0.3) is 0 Å². The Morgan fingerprint density at radius 2 is 1.96 bits per heavy atom. The molecule has 0 spiro atoms. The maximum atomic E-state index is 12.5. The van der Waals surface area contributed by atoms with Gasteiger partial charge in [-0.15, -0.1) is 0 Å². The third-order valence-corrected chi connectivity index (χ3v) is 3.97. The fourth-order valence-corrected chi connectivity index (χ4v) is 2.51. The Bertz CT molecular complexity index is 780. The first-order valence-corrected chi connectivity index (χ1v) is 8.82. The van der Waals surface area contributed by atoms with Gasteiger partial charge in [0.2, 0.25) is 0 Å². The number of carbonyl (C=O) groups is 2. The second-order valence-electron chi connectivity index (χ2n) is 5.69. The van der Waals surface area contributed by atoms with Gasteiger partial charge < -0.3 is 15.4 Å². The van der Waals surface area contributed by atoms with E-state index in [4.69, 9.17) is 16.3 Å². The molecule has 0 aliphatic heterocycles. The number of carbonyl (C=O) groups excluding carboxylic acids is 2. The molecule has 0 fully saturated rings. The SMILES string of the molecule is CCCCCNC(=O)c1cc(C(=O)Nc2cc(Cl)ccc2OC)ccn1. The molecule has 2 aromatic rings. The number of halogens is 1. The second kappa shape index (κ2) is 9.77. The Hall–Kier alpha value is -2.60. The van der Waals surface area contributed by atoms with Crippen molar-refractivity contribution in [1.29, 1.82) is 0 Å². The first-order valence-electron chi connectivity index (χ1n) is 8.44. The molecule has 1 aromatic carbocycles. The molecule has 0 unspecified atom stereocenters. The third-order valence-electron chi connectivity index (χ3n) is 3.73. The predicted octanol–water partition coefficient (Wildman–Crippen LogP) is 3.92. The number of unbranched alkanes of at least 4 members (excludes halogenated alkanes) is 2. The molecule has 0 radical (unpaired) electrons. The average molecular weight is 376 g/mol. The van der Waals surface area contributed by atoms with Gasteiger partial charge in [0.15, 0.2) is 0 Å². The molecule has 2 N–H and O–H groups in total. The molecule has 0 aliphatic rings. The van der Waals surface area contributed by atoms with Crippen molar-refractivity contribution >= 4 is 29.1 Å². The summed E-state index contributed by atoms with van der Waals surface area (Å²) in [6.45, 7) is 2.69. The molecule has 2 amide bonds. The monoisotopic (exact) mass is 375 g/mol. The van der Waals surface area contributed by atoms with Gasteiger partial charge in [0.1, 0.15) is 11.4 Å². The second-order valence-corrected chi connectivity index (χ2v) is 6.13. The summed E-state index contributed by atoms with van der Waals surface area (Å²) >= 11 is 5.97. The van der Waals surface area contributed by atoms with Gasteiger partial charge in [0.25, 0.3) is 11.8 Å². The van der Waals surface area contributed by atoms with Crippen molar-refractivity contribution in [1.82, 2.24) is 10.3 Å². The van der Waals surface area contributed by atoms with Crippen molar-refractivity contribution in [2.75, 3.05) is 19.0 Å². The number of hydrogen-bond acceptors (Lipinski definition) is 4. The normalized spacial score (nSPS) is 10.3. The van der Waals surface area contributed by atoms with Crippen LogP contribution in [0.15, 0.2) is 36.5 Å². The lowest BCUT2D eigenvalue weighted by Gasteiger charge is -2.11. The highest BCUT2D eigenvalue weighted by Gasteiger charge is 2.14. The number of nitrogens with one attached hydrogen (secondary N) is 2. The number of aromatic nitrogens is 1. The van der Waals surface area contributed by atoms with Crippen LogP contribution in [0, 0.1) is 0 Å². The Labute approximate surface area is 157 Å². The summed E-state index contributed by atoms with van der Waals surface area (Å²) in [7, 11) is 1.51. The van der Waals surface area contributed by atoms with Crippen LogP contribution in [-0.4, -0.2) is 30.5 Å². The lowest BCUT2D eigenvalue weighted by Crippen LogP contribution is -2.26. The van der Waals surface area contributed by atoms with Gasteiger partial charge in [-0.2, -0.15) is 0 Å². The van der Waals surface area contributed by atoms with Gasteiger partial charge >= 0.3 is 0 Å². The van der Waals surface area contributed by atoms with Crippen molar-refractivity contribution in [2.45, 2.75) is 26.2 Å². The van der Waals surface area contributed by atoms with E-state index in [0.29, 0.717) is 28.6 Å². The Kier molecular flexibility index (Phi) is 7.41. The highest BCUT2D eigenvalue weighted by atomic mass is 35.5. The first-order chi connectivity index (χ1) is 12.5. The molecule has 7 heteroatoms.